The van der Waals surface area contributed by atoms with Gasteiger partial charge in [-0.1, -0.05) is 13.8 Å². The first-order valence-corrected chi connectivity index (χ1v) is 6.43. The molecule has 0 aliphatic carbocycles. The lowest BCUT2D eigenvalue weighted by molar-refractivity contribution is 0.0157. The van der Waals surface area contributed by atoms with Gasteiger partial charge in [0.2, 0.25) is 0 Å². The molecule has 2 heteroatoms. The Hall–Kier alpha value is -0.0800. The summed E-state index contributed by atoms with van der Waals surface area (Å²) in [6.45, 7) is 17.7. The van der Waals surface area contributed by atoms with Crippen LogP contribution in [0.3, 0.4) is 0 Å². The molecule has 0 bridgehead atoms. The summed E-state index contributed by atoms with van der Waals surface area (Å²) in [6.07, 6.45) is 0. The monoisotopic (exact) mass is 212 g/mol. The van der Waals surface area contributed by atoms with Gasteiger partial charge in [0, 0.05) is 37.8 Å². The van der Waals surface area contributed by atoms with Gasteiger partial charge in [-0.05, 0) is 33.6 Å². The van der Waals surface area contributed by atoms with Gasteiger partial charge in [0.05, 0.1) is 0 Å². The topological polar surface area (TPSA) is 6.48 Å². The van der Waals surface area contributed by atoms with Crippen LogP contribution in [0.1, 0.15) is 41.5 Å². The molecule has 1 rings (SSSR count). The van der Waals surface area contributed by atoms with Crippen LogP contribution >= 0.6 is 0 Å². The maximum absolute atomic E-state index is 2.67. The molecule has 1 saturated heterocycles. The molecule has 0 aromatic heterocycles. The third-order valence-electron chi connectivity index (χ3n) is 3.66. The summed E-state index contributed by atoms with van der Waals surface area (Å²) < 4.78 is 0. The summed E-state index contributed by atoms with van der Waals surface area (Å²) >= 11 is 0. The summed E-state index contributed by atoms with van der Waals surface area (Å²) in [6, 6.07) is 2.12. The zero-order valence-electron chi connectivity index (χ0n) is 11.3. The van der Waals surface area contributed by atoms with E-state index in [0.717, 1.165) is 12.0 Å². The number of rotatable bonds is 3. The van der Waals surface area contributed by atoms with Gasteiger partial charge in [0.15, 0.2) is 0 Å². The second kappa shape index (κ2) is 5.31. The van der Waals surface area contributed by atoms with Crippen LogP contribution in [0.5, 0.6) is 0 Å². The average Bonchev–Trinajstić information content (AvgIpc) is 2.16. The minimum atomic E-state index is 0.687. The van der Waals surface area contributed by atoms with E-state index in [1.54, 1.807) is 0 Å². The number of piperazine rings is 1. The second-order valence-electron chi connectivity index (χ2n) is 5.73. The van der Waals surface area contributed by atoms with Crippen LogP contribution in [0.15, 0.2) is 0 Å². The van der Waals surface area contributed by atoms with Crippen LogP contribution in [0.25, 0.3) is 0 Å². The molecule has 90 valence electrons. The Morgan fingerprint density at radius 3 is 1.87 bits per heavy atom. The Morgan fingerprint density at radius 1 is 0.867 bits per heavy atom. The van der Waals surface area contributed by atoms with Gasteiger partial charge in [-0.2, -0.15) is 0 Å². The first-order chi connectivity index (χ1) is 6.93. The fourth-order valence-corrected chi connectivity index (χ4v) is 2.55. The van der Waals surface area contributed by atoms with E-state index in [1.807, 2.05) is 0 Å². The molecule has 0 saturated carbocycles. The highest BCUT2D eigenvalue weighted by Gasteiger charge is 2.31. The van der Waals surface area contributed by atoms with Crippen molar-refractivity contribution in [3.8, 4) is 0 Å². The fraction of sp³-hybridized carbons (Fsp3) is 1.00. The van der Waals surface area contributed by atoms with Crippen molar-refractivity contribution in [3.05, 3.63) is 0 Å². The van der Waals surface area contributed by atoms with Crippen LogP contribution < -0.4 is 0 Å². The third kappa shape index (κ3) is 3.18. The van der Waals surface area contributed by atoms with E-state index in [0.29, 0.717) is 12.1 Å². The molecule has 2 nitrogen and oxygen atoms in total. The summed E-state index contributed by atoms with van der Waals surface area (Å²) in [7, 11) is 0. The van der Waals surface area contributed by atoms with Crippen molar-refractivity contribution in [3.63, 3.8) is 0 Å². The molecule has 0 amide bonds. The predicted molar refractivity (Wildman–Crippen MR) is 67.2 cm³/mol. The van der Waals surface area contributed by atoms with Crippen molar-refractivity contribution in [1.82, 2.24) is 9.80 Å². The highest BCUT2D eigenvalue weighted by atomic mass is 15.3. The first kappa shape index (κ1) is 13.0. The lowest BCUT2D eigenvalue weighted by Gasteiger charge is -2.46. The number of hydrogen-bond donors (Lipinski definition) is 0. The Kier molecular flexibility index (Phi) is 4.60. The van der Waals surface area contributed by atoms with Crippen molar-refractivity contribution in [2.45, 2.75) is 59.7 Å². The summed E-state index contributed by atoms with van der Waals surface area (Å²) in [5, 5.41) is 0. The zero-order valence-corrected chi connectivity index (χ0v) is 11.3. The molecule has 1 aliphatic rings. The van der Waals surface area contributed by atoms with Crippen molar-refractivity contribution in [1.29, 1.82) is 0 Å². The Bertz CT molecular complexity index is 187. The molecule has 15 heavy (non-hydrogen) atoms. The maximum atomic E-state index is 2.67. The van der Waals surface area contributed by atoms with E-state index in [9.17, 15) is 0 Å². The smallest absolute Gasteiger partial charge is 0.0249 e. The van der Waals surface area contributed by atoms with Gasteiger partial charge in [0.1, 0.15) is 0 Å². The highest BCUT2D eigenvalue weighted by Crippen LogP contribution is 2.20. The number of nitrogens with zero attached hydrogens (tertiary/aromatic N) is 2. The van der Waals surface area contributed by atoms with E-state index in [2.05, 4.69) is 51.3 Å². The summed E-state index contributed by atoms with van der Waals surface area (Å²) in [5.74, 6) is 0.758. The molecule has 0 aromatic rings. The molecule has 0 radical (unpaired) electrons. The van der Waals surface area contributed by atoms with E-state index in [-0.39, 0.29) is 0 Å². The SMILES string of the molecule is CC(C)C1CN(C(C)C)CCN1C(C)C. The lowest BCUT2D eigenvalue weighted by atomic mass is 9.97. The van der Waals surface area contributed by atoms with Crippen LogP contribution in [-0.4, -0.2) is 47.6 Å². The molecule has 1 heterocycles. The molecule has 1 aliphatic heterocycles. The van der Waals surface area contributed by atoms with Gasteiger partial charge >= 0.3 is 0 Å². The highest BCUT2D eigenvalue weighted by molar-refractivity contribution is 4.86. The minimum absolute atomic E-state index is 0.687. The van der Waals surface area contributed by atoms with Gasteiger partial charge < -0.3 is 0 Å². The van der Waals surface area contributed by atoms with Crippen LogP contribution in [0.4, 0.5) is 0 Å². The van der Waals surface area contributed by atoms with Crippen molar-refractivity contribution in [2.75, 3.05) is 19.6 Å². The third-order valence-corrected chi connectivity index (χ3v) is 3.66. The summed E-state index contributed by atoms with van der Waals surface area (Å²) in [5.41, 5.74) is 0. The number of hydrogen-bond acceptors (Lipinski definition) is 2. The maximum Gasteiger partial charge on any atom is 0.0249 e. The van der Waals surface area contributed by atoms with Crippen LogP contribution in [0.2, 0.25) is 0 Å². The quantitative estimate of drug-likeness (QED) is 0.709. The Morgan fingerprint density at radius 2 is 1.47 bits per heavy atom. The van der Waals surface area contributed by atoms with E-state index in [1.165, 1.54) is 19.6 Å². The molecule has 1 fully saturated rings. The van der Waals surface area contributed by atoms with E-state index in [4.69, 9.17) is 0 Å². The minimum Gasteiger partial charge on any atom is -0.298 e. The average molecular weight is 212 g/mol. The first-order valence-electron chi connectivity index (χ1n) is 6.43. The van der Waals surface area contributed by atoms with Crippen LogP contribution in [-0.2, 0) is 0 Å². The molecule has 1 atom stereocenters. The Balaban J connectivity index is 2.65. The molecule has 1 unspecified atom stereocenters. The van der Waals surface area contributed by atoms with Crippen LogP contribution in [0, 0.1) is 5.92 Å². The molecule has 0 N–H and O–H groups in total. The van der Waals surface area contributed by atoms with Crippen molar-refractivity contribution in [2.24, 2.45) is 5.92 Å². The van der Waals surface area contributed by atoms with Gasteiger partial charge in [-0.3, -0.25) is 9.80 Å². The molecular formula is C13H28N2. The van der Waals surface area contributed by atoms with Crippen molar-refractivity contribution >= 4 is 0 Å². The molecule has 0 spiro atoms. The summed E-state index contributed by atoms with van der Waals surface area (Å²) in [4.78, 5) is 5.28. The largest absolute Gasteiger partial charge is 0.298 e. The normalized spacial score (nSPS) is 25.8. The molecular weight excluding hydrogens is 184 g/mol. The molecule has 0 aromatic carbocycles. The zero-order chi connectivity index (χ0) is 11.6. The van der Waals surface area contributed by atoms with Gasteiger partial charge in [-0.25, -0.2) is 0 Å². The van der Waals surface area contributed by atoms with Gasteiger partial charge in [-0.15, -0.1) is 0 Å². The van der Waals surface area contributed by atoms with Crippen molar-refractivity contribution < 1.29 is 0 Å². The van der Waals surface area contributed by atoms with E-state index >= 15 is 0 Å². The van der Waals surface area contributed by atoms with E-state index < -0.39 is 0 Å². The fourth-order valence-electron chi connectivity index (χ4n) is 2.55. The van der Waals surface area contributed by atoms with Gasteiger partial charge in [0.25, 0.3) is 0 Å². The Labute approximate surface area is 95.6 Å². The predicted octanol–water partition coefficient (Wildman–Crippen LogP) is 2.45. The lowest BCUT2D eigenvalue weighted by Crippen LogP contribution is -2.58. The second-order valence-corrected chi connectivity index (χ2v) is 5.73. The standard InChI is InChI=1S/C13H28N2/c1-10(2)13-9-14(11(3)4)7-8-15(13)12(5)6/h10-13H,7-9H2,1-6H3.